The topological polar surface area (TPSA) is 106 Å². The fraction of sp³-hybridized carbons (Fsp3) is 0.700. The van der Waals surface area contributed by atoms with Gasteiger partial charge in [-0.3, -0.25) is 0 Å². The van der Waals surface area contributed by atoms with E-state index in [0.29, 0.717) is 24.4 Å². The van der Waals surface area contributed by atoms with Crippen molar-refractivity contribution in [2.45, 2.75) is 13.0 Å². The molecule has 0 saturated carbocycles. The third kappa shape index (κ3) is 4.30. The van der Waals surface area contributed by atoms with E-state index in [0.717, 1.165) is 0 Å². The summed E-state index contributed by atoms with van der Waals surface area (Å²) in [7, 11) is 3.66. The van der Waals surface area contributed by atoms with Crippen LogP contribution < -0.4 is 15.5 Å². The largest absolute Gasteiger partial charge is 0.394 e. The molecule has 1 aromatic rings. The van der Waals surface area contributed by atoms with Crippen molar-refractivity contribution in [2.75, 3.05) is 49.3 Å². The van der Waals surface area contributed by atoms with E-state index in [-0.39, 0.29) is 13.2 Å². The van der Waals surface area contributed by atoms with Crippen molar-refractivity contribution in [1.29, 1.82) is 0 Å². The van der Waals surface area contributed by atoms with E-state index in [4.69, 9.17) is 5.11 Å². The number of nitrogens with one attached hydrogen (secondary N) is 2. The van der Waals surface area contributed by atoms with Gasteiger partial charge in [-0.15, -0.1) is 0 Å². The Balaban J connectivity index is 2.82. The number of anilines is 3. The summed E-state index contributed by atoms with van der Waals surface area (Å²) in [6.45, 7) is 2.52. The average molecular weight is 256 g/mol. The highest BCUT2D eigenvalue weighted by molar-refractivity contribution is 5.42. The molecule has 0 bridgehead atoms. The number of hydrogen-bond donors (Lipinski definition) is 4. The number of aliphatic hydroxyl groups excluding tert-OH is 2. The van der Waals surface area contributed by atoms with Crippen LogP contribution in [-0.4, -0.2) is 65.1 Å². The summed E-state index contributed by atoms with van der Waals surface area (Å²) in [6, 6.07) is 0. The maximum absolute atomic E-state index is 9.26. The summed E-state index contributed by atoms with van der Waals surface area (Å²) in [5.74, 6) is 1.34. The first-order valence-corrected chi connectivity index (χ1v) is 5.76. The van der Waals surface area contributed by atoms with Gasteiger partial charge < -0.3 is 25.7 Å². The molecule has 1 unspecified atom stereocenters. The van der Waals surface area contributed by atoms with Gasteiger partial charge in [-0.25, -0.2) is 0 Å². The third-order valence-electron chi connectivity index (χ3n) is 2.07. The van der Waals surface area contributed by atoms with E-state index in [2.05, 4.69) is 25.6 Å². The first kappa shape index (κ1) is 14.4. The first-order chi connectivity index (χ1) is 8.56. The summed E-state index contributed by atoms with van der Waals surface area (Å²) >= 11 is 0. The fourth-order valence-corrected chi connectivity index (χ4v) is 1.15. The van der Waals surface area contributed by atoms with E-state index >= 15 is 0 Å². The predicted octanol–water partition coefficient (Wildman–Crippen LogP) is -0.865. The van der Waals surface area contributed by atoms with Crippen molar-refractivity contribution in [2.24, 2.45) is 0 Å². The lowest BCUT2D eigenvalue weighted by Gasteiger charge is -2.14. The minimum absolute atomic E-state index is 0.180. The van der Waals surface area contributed by atoms with E-state index in [1.54, 1.807) is 4.90 Å². The van der Waals surface area contributed by atoms with Gasteiger partial charge in [0.2, 0.25) is 17.8 Å². The van der Waals surface area contributed by atoms with Gasteiger partial charge >= 0.3 is 0 Å². The second-order valence-electron chi connectivity index (χ2n) is 3.92. The van der Waals surface area contributed by atoms with Gasteiger partial charge in [-0.2, -0.15) is 15.0 Å². The molecule has 0 aliphatic heterocycles. The Hall–Kier alpha value is -1.67. The minimum atomic E-state index is -0.841. The van der Waals surface area contributed by atoms with Crippen LogP contribution in [0.1, 0.15) is 6.92 Å². The van der Waals surface area contributed by atoms with Crippen molar-refractivity contribution >= 4 is 17.8 Å². The highest BCUT2D eigenvalue weighted by atomic mass is 16.3. The maximum Gasteiger partial charge on any atom is 0.231 e. The third-order valence-corrected chi connectivity index (χ3v) is 2.07. The highest BCUT2D eigenvalue weighted by Crippen LogP contribution is 2.11. The molecule has 0 aromatic carbocycles. The molecule has 8 heteroatoms. The van der Waals surface area contributed by atoms with Crippen molar-refractivity contribution in [3.63, 3.8) is 0 Å². The van der Waals surface area contributed by atoms with Crippen LogP contribution in [0.2, 0.25) is 0 Å². The lowest BCUT2D eigenvalue weighted by Crippen LogP contribution is -2.25. The summed E-state index contributed by atoms with van der Waals surface area (Å²) in [5, 5.41) is 23.8. The van der Waals surface area contributed by atoms with Crippen LogP contribution in [0.15, 0.2) is 0 Å². The van der Waals surface area contributed by atoms with Crippen LogP contribution >= 0.6 is 0 Å². The van der Waals surface area contributed by atoms with Crippen LogP contribution in [0.25, 0.3) is 0 Å². The lowest BCUT2D eigenvalue weighted by molar-refractivity contribution is 0.105. The molecule has 18 heavy (non-hydrogen) atoms. The van der Waals surface area contributed by atoms with E-state index in [9.17, 15) is 5.11 Å². The molecule has 8 nitrogen and oxygen atoms in total. The zero-order valence-corrected chi connectivity index (χ0v) is 10.9. The summed E-state index contributed by atoms with van der Waals surface area (Å²) in [5.41, 5.74) is 0. The molecule has 0 radical (unpaired) electrons. The number of aliphatic hydroxyl groups is 2. The lowest BCUT2D eigenvalue weighted by atomic mass is 10.4. The minimum Gasteiger partial charge on any atom is -0.394 e. The van der Waals surface area contributed by atoms with Gasteiger partial charge in [0.25, 0.3) is 0 Å². The molecular weight excluding hydrogens is 236 g/mol. The number of hydrogen-bond acceptors (Lipinski definition) is 8. The molecule has 0 aliphatic carbocycles. The zero-order valence-electron chi connectivity index (χ0n) is 10.9. The van der Waals surface area contributed by atoms with Gasteiger partial charge in [-0.1, -0.05) is 0 Å². The van der Waals surface area contributed by atoms with Gasteiger partial charge in [0, 0.05) is 27.2 Å². The molecule has 102 valence electrons. The standard InChI is InChI=1S/C10H20N6O2/c1-4-11-8-13-9(12-5-7(18)6-17)15-10(14-8)16(2)3/h7,17-18H,4-6H2,1-3H3,(H2,11,12,13,14,15). The maximum atomic E-state index is 9.26. The Morgan fingerprint density at radius 1 is 1.17 bits per heavy atom. The first-order valence-electron chi connectivity index (χ1n) is 5.76. The van der Waals surface area contributed by atoms with E-state index < -0.39 is 6.10 Å². The second-order valence-corrected chi connectivity index (χ2v) is 3.92. The Bertz CT molecular complexity index is 373. The average Bonchev–Trinajstić information content (AvgIpc) is 2.36. The SMILES string of the molecule is CCNc1nc(NCC(O)CO)nc(N(C)C)n1. The Labute approximate surface area is 106 Å². The van der Waals surface area contributed by atoms with Crippen LogP contribution in [0, 0.1) is 0 Å². The van der Waals surface area contributed by atoms with Crippen molar-refractivity contribution < 1.29 is 10.2 Å². The van der Waals surface area contributed by atoms with Crippen LogP contribution in [0.3, 0.4) is 0 Å². The van der Waals surface area contributed by atoms with Gasteiger partial charge in [0.15, 0.2) is 0 Å². The van der Waals surface area contributed by atoms with Crippen LogP contribution in [0.5, 0.6) is 0 Å². The number of aromatic nitrogens is 3. The van der Waals surface area contributed by atoms with E-state index in [1.165, 1.54) is 0 Å². The number of nitrogens with zero attached hydrogens (tertiary/aromatic N) is 4. The molecule has 0 saturated heterocycles. The van der Waals surface area contributed by atoms with Crippen molar-refractivity contribution in [3.05, 3.63) is 0 Å². The Morgan fingerprint density at radius 2 is 1.78 bits per heavy atom. The number of rotatable bonds is 7. The van der Waals surface area contributed by atoms with Crippen molar-refractivity contribution in [1.82, 2.24) is 15.0 Å². The van der Waals surface area contributed by atoms with Gasteiger partial charge in [0.05, 0.1) is 12.7 Å². The molecule has 1 aromatic heterocycles. The van der Waals surface area contributed by atoms with Crippen molar-refractivity contribution in [3.8, 4) is 0 Å². The van der Waals surface area contributed by atoms with Gasteiger partial charge in [-0.05, 0) is 6.92 Å². The summed E-state index contributed by atoms with van der Waals surface area (Å²) < 4.78 is 0. The molecule has 0 fully saturated rings. The molecule has 1 heterocycles. The van der Waals surface area contributed by atoms with Gasteiger partial charge in [0.1, 0.15) is 0 Å². The molecule has 0 amide bonds. The molecule has 0 spiro atoms. The Morgan fingerprint density at radius 3 is 2.28 bits per heavy atom. The quantitative estimate of drug-likeness (QED) is 0.499. The Kier molecular flexibility index (Phi) is 5.53. The molecule has 1 atom stereocenters. The second kappa shape index (κ2) is 6.92. The van der Waals surface area contributed by atoms with E-state index in [1.807, 2.05) is 21.0 Å². The molecular formula is C10H20N6O2. The summed E-state index contributed by atoms with van der Waals surface area (Å²) in [4.78, 5) is 14.3. The van der Waals surface area contributed by atoms with Crippen LogP contribution in [0.4, 0.5) is 17.8 Å². The predicted molar refractivity (Wildman–Crippen MR) is 69.9 cm³/mol. The molecule has 1 rings (SSSR count). The smallest absolute Gasteiger partial charge is 0.231 e. The fourth-order valence-electron chi connectivity index (χ4n) is 1.15. The molecule has 4 N–H and O–H groups in total. The molecule has 0 aliphatic rings. The summed E-state index contributed by atoms with van der Waals surface area (Å²) in [6.07, 6.45) is -0.841. The zero-order chi connectivity index (χ0) is 13.5. The highest BCUT2D eigenvalue weighted by Gasteiger charge is 2.09. The normalized spacial score (nSPS) is 12.1. The van der Waals surface area contributed by atoms with Crippen LogP contribution in [-0.2, 0) is 0 Å². The monoisotopic (exact) mass is 256 g/mol.